The Bertz CT molecular complexity index is 3000. The molecule has 0 aliphatic rings. The fourth-order valence-electron chi connectivity index (χ4n) is 9.15. The van der Waals surface area contributed by atoms with Crippen molar-refractivity contribution in [3.63, 3.8) is 0 Å². The van der Waals surface area contributed by atoms with Gasteiger partial charge in [-0.1, -0.05) is 351 Å². The predicted octanol–water partition coefficient (Wildman–Crippen LogP) is 16.4. The Morgan fingerprint density at radius 3 is 0.733 bits per heavy atom. The van der Waals surface area contributed by atoms with Crippen molar-refractivity contribution < 1.29 is 35.6 Å². The molecule has 13 heteroatoms. The first-order valence-corrected chi connectivity index (χ1v) is 46.6. The summed E-state index contributed by atoms with van der Waals surface area (Å²) in [6.45, 7) is 28.2. The van der Waals surface area contributed by atoms with Gasteiger partial charge in [0.1, 0.15) is 0 Å². The number of hydrogen-bond donors (Lipinski definition) is 0. The summed E-state index contributed by atoms with van der Waals surface area (Å²) < 4.78 is 23.6. The van der Waals surface area contributed by atoms with Crippen molar-refractivity contribution in [1.82, 2.24) is 0 Å². The van der Waals surface area contributed by atoms with Crippen molar-refractivity contribution in [3.8, 4) is 0 Å². The number of rotatable bonds is 16. The van der Waals surface area contributed by atoms with Gasteiger partial charge in [-0.2, -0.15) is 5.17 Å². The maximum atomic E-state index is 5.92. The van der Waals surface area contributed by atoms with E-state index in [9.17, 15) is 0 Å². The molecule has 0 radical (unpaired) electrons. The summed E-state index contributed by atoms with van der Waals surface area (Å²) in [5.74, 6) is 0. The molecule has 0 atom stereocenters. The summed E-state index contributed by atoms with van der Waals surface area (Å²) in [6.07, 6.45) is 0. The van der Waals surface area contributed by atoms with Crippen LogP contribution in [-0.4, -0.2) is 43.7 Å². The van der Waals surface area contributed by atoms with Gasteiger partial charge in [0.2, 0.25) is 0 Å². The average Bonchev–Trinajstić information content (AvgIpc) is 3.38. The standard InChI is InChI=1S/C31H39N2P2Si2.C31H38N2P2Si2.La/c2*1-36(2,3)32-34(28-19-11-7-12-20-28,29-21-13-8-14-22-29)27-35(33-37(4,5)6,30-23-15-9-16-24-30)31-25-17-10-18-26-31;/h7-27H,1-6H3;7-26H,1-6H3;/q-1;-2;+3. The molecule has 75 heavy (non-hydrogen) atoms. The van der Waals surface area contributed by atoms with E-state index in [0.29, 0.717) is 0 Å². The maximum absolute atomic E-state index is 5.92. The molecule has 0 aliphatic carbocycles. The van der Waals surface area contributed by atoms with Crippen molar-refractivity contribution in [3.05, 3.63) is 257 Å². The van der Waals surface area contributed by atoms with Crippen LogP contribution in [0.4, 0.5) is 0 Å². The Balaban J connectivity index is 0.000000241. The van der Waals surface area contributed by atoms with Crippen molar-refractivity contribution in [2.45, 2.75) is 78.6 Å². The zero-order valence-electron chi connectivity index (χ0n) is 46.3. The molecule has 0 fully saturated rings. The minimum atomic E-state index is -2.45. The van der Waals surface area contributed by atoms with Crippen molar-refractivity contribution >= 4 is 114 Å². The molecule has 0 saturated carbocycles. The zero-order valence-corrected chi connectivity index (χ0v) is 57.5. The third-order valence-corrected chi connectivity index (χ3v) is 39.6. The van der Waals surface area contributed by atoms with Gasteiger partial charge in [-0.05, 0) is 42.4 Å². The molecule has 0 amide bonds. The molecule has 4 nitrogen and oxygen atoms in total. The van der Waals surface area contributed by atoms with Crippen LogP contribution in [0.3, 0.4) is 0 Å². The van der Waals surface area contributed by atoms with Gasteiger partial charge in [-0.15, -0.1) is 21.1 Å². The van der Waals surface area contributed by atoms with E-state index in [1.165, 1.54) is 42.4 Å². The molecule has 0 saturated heterocycles. The molecule has 0 aromatic heterocycles. The maximum Gasteiger partial charge on any atom is 3.00 e. The van der Waals surface area contributed by atoms with Gasteiger partial charge in [-0.3, -0.25) is 0 Å². The van der Waals surface area contributed by atoms with Gasteiger partial charge in [0.15, 0.2) is 8.24 Å². The fraction of sp³-hybridized carbons (Fsp3) is 0.194. The van der Waals surface area contributed by atoms with Crippen LogP contribution in [0.1, 0.15) is 0 Å². The fourth-order valence-corrected chi connectivity index (χ4v) is 43.8. The van der Waals surface area contributed by atoms with Crippen LogP contribution in [0.5, 0.6) is 0 Å². The summed E-state index contributed by atoms with van der Waals surface area (Å²) in [4.78, 5) is 0. The van der Waals surface area contributed by atoms with E-state index in [4.69, 9.17) is 18.7 Å². The summed E-state index contributed by atoms with van der Waals surface area (Å²) >= 11 is 0. The first-order chi connectivity index (χ1) is 35.1. The molecule has 0 aliphatic heterocycles. The number of benzene rings is 8. The van der Waals surface area contributed by atoms with E-state index in [2.05, 4.69) is 332 Å². The van der Waals surface area contributed by atoms with Gasteiger partial charge in [-0.25, -0.2) is 0 Å². The molecule has 0 heterocycles. The molecule has 0 unspecified atom stereocenters. The predicted molar refractivity (Wildman–Crippen MR) is 353 cm³/mol. The quantitative estimate of drug-likeness (QED) is 0.0684. The van der Waals surface area contributed by atoms with E-state index >= 15 is 0 Å². The minimum Gasteiger partial charge on any atom is -0.631 e. The van der Waals surface area contributed by atoms with Gasteiger partial charge in [0, 0.05) is 7.05 Å². The van der Waals surface area contributed by atoms with Crippen LogP contribution in [-0.2, 0) is 0 Å². The number of hydrogen-bond acceptors (Lipinski definition) is 1. The summed E-state index contributed by atoms with van der Waals surface area (Å²) in [7, 11) is -17.1. The van der Waals surface area contributed by atoms with Crippen LogP contribution in [0.2, 0.25) is 78.6 Å². The first kappa shape index (κ1) is 61.1. The van der Waals surface area contributed by atoms with Crippen LogP contribution in [0, 0.1) is 35.6 Å². The molecular weight excluding hydrogens is 1180 g/mol. The largest absolute Gasteiger partial charge is 3.00 e. The smallest absolute Gasteiger partial charge is 0.631 e. The second kappa shape index (κ2) is 26.2. The third-order valence-electron chi connectivity index (χ3n) is 11.6. The Hall–Kier alpha value is -3.13. The minimum absolute atomic E-state index is 0. The van der Waals surface area contributed by atoms with E-state index < -0.39 is 61.1 Å². The zero-order chi connectivity index (χ0) is 53.1. The average molecular weight is 1250 g/mol. The molecular formula is C62H77LaN4P4Si4. The summed E-state index contributed by atoms with van der Waals surface area (Å²) in [6, 6.07) is 87.8. The van der Waals surface area contributed by atoms with Crippen molar-refractivity contribution in [2.24, 2.45) is 4.41 Å². The van der Waals surface area contributed by atoms with E-state index in [1.54, 1.807) is 0 Å². The molecule has 0 N–H and O–H groups in total. The Kier molecular flexibility index (Phi) is 21.4. The van der Waals surface area contributed by atoms with E-state index in [0.717, 1.165) is 0 Å². The molecule has 0 bridgehead atoms. The van der Waals surface area contributed by atoms with Crippen LogP contribution < -0.4 is 42.4 Å². The molecule has 8 aromatic carbocycles. The van der Waals surface area contributed by atoms with Gasteiger partial charge >= 0.3 is 35.6 Å². The molecule has 384 valence electrons. The monoisotopic (exact) mass is 1250 g/mol. The topological polar surface area (TPSA) is 54.7 Å². The Labute approximate surface area is 485 Å². The summed E-state index contributed by atoms with van der Waals surface area (Å²) in [5.41, 5.74) is 2.69. The third kappa shape index (κ3) is 16.0. The normalized spacial score (nSPS) is 12.5. The van der Waals surface area contributed by atoms with Crippen LogP contribution in [0.25, 0.3) is 14.3 Å². The Morgan fingerprint density at radius 1 is 0.307 bits per heavy atom. The first-order valence-electron chi connectivity index (χ1n) is 25.7. The van der Waals surface area contributed by atoms with Crippen LogP contribution >= 0.6 is 28.2 Å². The SMILES string of the molecule is C[Si](C)(C)N=P(C=P([N-][Si](C)(C)C)(c1ccccc1)c1ccccc1)(c1ccccc1)c1ccccc1.C[Si](C)(C)[N-]P(=C=P([N-][Si](C)(C)C)(c1ccccc1)c1ccccc1)(c1ccccc1)c1ccccc1.[La+3]. The van der Waals surface area contributed by atoms with Gasteiger partial charge < -0.3 is 18.7 Å². The Morgan fingerprint density at radius 2 is 0.520 bits per heavy atom. The van der Waals surface area contributed by atoms with Crippen molar-refractivity contribution in [2.75, 3.05) is 0 Å². The molecule has 0 spiro atoms. The molecule has 8 aromatic rings. The second-order valence-electron chi connectivity index (χ2n) is 22.6. The van der Waals surface area contributed by atoms with E-state index in [1.807, 2.05) is 0 Å². The summed E-state index contributed by atoms with van der Waals surface area (Å²) in [5, 5.41) is 14.7. The van der Waals surface area contributed by atoms with Crippen molar-refractivity contribution in [1.29, 1.82) is 0 Å². The van der Waals surface area contributed by atoms with Gasteiger partial charge in [0.25, 0.3) is 0 Å². The second-order valence-corrected chi connectivity index (χ2v) is 54.3. The molecule has 8 rings (SSSR count). The van der Waals surface area contributed by atoms with E-state index in [-0.39, 0.29) is 35.6 Å². The number of nitrogens with zero attached hydrogens (tertiary/aromatic N) is 4. The van der Waals surface area contributed by atoms with Crippen LogP contribution in [0.15, 0.2) is 247 Å². The van der Waals surface area contributed by atoms with Gasteiger partial charge in [0.05, 0.1) is 0 Å².